The summed E-state index contributed by atoms with van der Waals surface area (Å²) >= 11 is 2.10. The molecule has 2 nitrogen and oxygen atoms in total. The molecule has 19 heavy (non-hydrogen) atoms. The fourth-order valence-corrected chi connectivity index (χ4v) is 3.74. The number of aryl methyl sites for hydroxylation is 1. The molecule has 0 atom stereocenters. The predicted octanol–water partition coefficient (Wildman–Crippen LogP) is 3.22. The number of hydrogen-bond donors (Lipinski definition) is 1. The summed E-state index contributed by atoms with van der Waals surface area (Å²) in [4.78, 5) is 2.55. The van der Waals surface area contributed by atoms with Crippen molar-refractivity contribution in [1.29, 1.82) is 0 Å². The van der Waals surface area contributed by atoms with Crippen molar-refractivity contribution in [2.24, 2.45) is 5.73 Å². The number of thioether (sulfide) groups is 1. The molecule has 0 aromatic heterocycles. The number of rotatable bonds is 3. The van der Waals surface area contributed by atoms with Crippen LogP contribution in [0.1, 0.15) is 31.4 Å². The molecule has 2 rings (SSSR count). The summed E-state index contributed by atoms with van der Waals surface area (Å²) in [5, 5.41) is 0. The van der Waals surface area contributed by atoms with Gasteiger partial charge in [0.25, 0.3) is 0 Å². The Hall–Kier alpha value is -0.670. The van der Waals surface area contributed by atoms with Crippen molar-refractivity contribution in [1.82, 2.24) is 0 Å². The van der Waals surface area contributed by atoms with Crippen LogP contribution < -0.4 is 10.6 Å². The monoisotopic (exact) mass is 278 g/mol. The molecule has 3 heteroatoms. The van der Waals surface area contributed by atoms with E-state index in [1.165, 1.54) is 29.0 Å². The summed E-state index contributed by atoms with van der Waals surface area (Å²) in [5.74, 6) is 1.21. The molecular weight excluding hydrogens is 252 g/mol. The van der Waals surface area contributed by atoms with Crippen LogP contribution in [0, 0.1) is 6.92 Å². The van der Waals surface area contributed by atoms with Gasteiger partial charge >= 0.3 is 0 Å². The first-order valence-electron chi connectivity index (χ1n) is 7.20. The number of anilines is 1. The molecular formula is C16H26N2S. The van der Waals surface area contributed by atoms with Gasteiger partial charge in [0, 0.05) is 29.3 Å². The Labute approximate surface area is 121 Å². The summed E-state index contributed by atoms with van der Waals surface area (Å²) in [5.41, 5.74) is 9.90. The maximum Gasteiger partial charge on any atom is 0.0399 e. The lowest BCUT2D eigenvalue weighted by molar-refractivity contribution is 0.636. The van der Waals surface area contributed by atoms with Crippen molar-refractivity contribution in [3.8, 4) is 0 Å². The van der Waals surface area contributed by atoms with E-state index in [2.05, 4.69) is 55.6 Å². The van der Waals surface area contributed by atoms with E-state index in [1.54, 1.807) is 0 Å². The maximum atomic E-state index is 5.76. The molecule has 0 bridgehead atoms. The van der Waals surface area contributed by atoms with E-state index in [4.69, 9.17) is 5.73 Å². The van der Waals surface area contributed by atoms with Gasteiger partial charge in [0.15, 0.2) is 0 Å². The van der Waals surface area contributed by atoms with Crippen LogP contribution in [0.3, 0.4) is 0 Å². The summed E-state index contributed by atoms with van der Waals surface area (Å²) < 4.78 is 0.410. The van der Waals surface area contributed by atoms with Gasteiger partial charge in [-0.2, -0.15) is 11.8 Å². The second kappa shape index (κ2) is 6.19. The van der Waals surface area contributed by atoms with E-state index in [9.17, 15) is 0 Å². The normalized spacial score (nSPS) is 19.3. The van der Waals surface area contributed by atoms with Crippen LogP contribution in [-0.4, -0.2) is 30.1 Å². The highest BCUT2D eigenvalue weighted by atomic mass is 32.2. The van der Waals surface area contributed by atoms with Crippen molar-refractivity contribution in [2.75, 3.05) is 30.3 Å². The first-order chi connectivity index (χ1) is 9.02. The first kappa shape index (κ1) is 14.7. The van der Waals surface area contributed by atoms with Crippen molar-refractivity contribution in [3.63, 3.8) is 0 Å². The number of hydrogen-bond acceptors (Lipinski definition) is 3. The minimum Gasteiger partial charge on any atom is -0.370 e. The van der Waals surface area contributed by atoms with Gasteiger partial charge in [-0.15, -0.1) is 0 Å². The van der Waals surface area contributed by atoms with E-state index in [0.717, 1.165) is 26.1 Å². The molecule has 1 aliphatic rings. The van der Waals surface area contributed by atoms with Crippen LogP contribution in [0.25, 0.3) is 0 Å². The van der Waals surface area contributed by atoms with Gasteiger partial charge in [-0.25, -0.2) is 0 Å². The lowest BCUT2D eigenvalue weighted by Gasteiger charge is -2.26. The Morgan fingerprint density at radius 2 is 2.11 bits per heavy atom. The zero-order valence-electron chi connectivity index (χ0n) is 12.4. The van der Waals surface area contributed by atoms with Crippen LogP contribution in [0.2, 0.25) is 0 Å². The highest BCUT2D eigenvalue weighted by molar-refractivity contribution is 8.00. The summed E-state index contributed by atoms with van der Waals surface area (Å²) in [6, 6.07) is 6.80. The van der Waals surface area contributed by atoms with Crippen molar-refractivity contribution >= 4 is 17.4 Å². The van der Waals surface area contributed by atoms with Gasteiger partial charge in [-0.1, -0.05) is 31.5 Å². The molecule has 0 unspecified atom stereocenters. The van der Waals surface area contributed by atoms with Crippen molar-refractivity contribution in [2.45, 2.75) is 38.4 Å². The third-order valence-electron chi connectivity index (χ3n) is 3.83. The molecule has 2 N–H and O–H groups in total. The van der Waals surface area contributed by atoms with Crippen molar-refractivity contribution in [3.05, 3.63) is 29.3 Å². The summed E-state index contributed by atoms with van der Waals surface area (Å²) in [6.07, 6.45) is 2.22. The number of nitrogens with zero attached hydrogens (tertiary/aromatic N) is 1. The van der Waals surface area contributed by atoms with E-state index >= 15 is 0 Å². The van der Waals surface area contributed by atoms with Gasteiger partial charge in [-0.3, -0.25) is 0 Å². The largest absolute Gasteiger partial charge is 0.370 e. The SMILES string of the molecule is Cc1ccc(N2CCSC(C)(C)CC2)c(CCN)c1. The standard InChI is InChI=1S/C16H26N2S/c1-13-4-5-15(14(12-13)6-8-17)18-9-7-16(2,3)19-11-10-18/h4-5,12H,6-11,17H2,1-3H3. The predicted molar refractivity (Wildman–Crippen MR) is 87.3 cm³/mol. The van der Waals surface area contributed by atoms with Crippen LogP contribution in [-0.2, 0) is 6.42 Å². The smallest absolute Gasteiger partial charge is 0.0399 e. The Balaban J connectivity index is 2.21. The molecule has 1 aromatic rings. The van der Waals surface area contributed by atoms with Gasteiger partial charge in [0.2, 0.25) is 0 Å². The Kier molecular flexibility index (Phi) is 4.80. The molecule has 0 amide bonds. The molecule has 1 saturated heterocycles. The maximum absolute atomic E-state index is 5.76. The zero-order valence-corrected chi connectivity index (χ0v) is 13.2. The summed E-state index contributed by atoms with van der Waals surface area (Å²) in [7, 11) is 0. The highest BCUT2D eigenvalue weighted by Crippen LogP contribution is 2.33. The average molecular weight is 278 g/mol. The molecule has 1 aliphatic heterocycles. The first-order valence-corrected chi connectivity index (χ1v) is 8.19. The Bertz CT molecular complexity index is 429. The third-order valence-corrected chi connectivity index (χ3v) is 5.20. The van der Waals surface area contributed by atoms with E-state index in [0.29, 0.717) is 4.75 Å². The quantitative estimate of drug-likeness (QED) is 0.920. The third kappa shape index (κ3) is 3.90. The molecule has 1 aromatic carbocycles. The molecule has 0 aliphatic carbocycles. The zero-order chi connectivity index (χ0) is 13.9. The van der Waals surface area contributed by atoms with Gasteiger partial charge < -0.3 is 10.6 Å². The van der Waals surface area contributed by atoms with E-state index in [1.807, 2.05) is 0 Å². The highest BCUT2D eigenvalue weighted by Gasteiger charge is 2.24. The fraction of sp³-hybridized carbons (Fsp3) is 0.625. The fourth-order valence-electron chi connectivity index (χ4n) is 2.64. The molecule has 1 fully saturated rings. The van der Waals surface area contributed by atoms with Gasteiger partial charge in [0.1, 0.15) is 0 Å². The average Bonchev–Trinajstić information content (AvgIpc) is 2.51. The van der Waals surface area contributed by atoms with Crippen molar-refractivity contribution < 1.29 is 0 Å². The van der Waals surface area contributed by atoms with E-state index < -0.39 is 0 Å². The minimum atomic E-state index is 0.410. The Morgan fingerprint density at radius 1 is 1.32 bits per heavy atom. The number of benzene rings is 1. The van der Waals surface area contributed by atoms with Gasteiger partial charge in [-0.05, 0) is 37.9 Å². The van der Waals surface area contributed by atoms with Crippen LogP contribution in [0.5, 0.6) is 0 Å². The lowest BCUT2D eigenvalue weighted by atomic mass is 10.0. The lowest BCUT2D eigenvalue weighted by Crippen LogP contribution is -2.28. The summed E-state index contributed by atoms with van der Waals surface area (Å²) in [6.45, 7) is 9.90. The molecule has 0 radical (unpaired) electrons. The topological polar surface area (TPSA) is 29.3 Å². The molecule has 0 saturated carbocycles. The number of nitrogens with two attached hydrogens (primary N) is 1. The Morgan fingerprint density at radius 3 is 2.84 bits per heavy atom. The second-order valence-electron chi connectivity index (χ2n) is 6.02. The van der Waals surface area contributed by atoms with Crippen LogP contribution in [0.15, 0.2) is 18.2 Å². The molecule has 106 valence electrons. The van der Waals surface area contributed by atoms with Gasteiger partial charge in [0.05, 0.1) is 0 Å². The van der Waals surface area contributed by atoms with E-state index in [-0.39, 0.29) is 0 Å². The second-order valence-corrected chi connectivity index (χ2v) is 7.82. The molecule has 1 heterocycles. The minimum absolute atomic E-state index is 0.410. The van der Waals surface area contributed by atoms with Crippen LogP contribution in [0.4, 0.5) is 5.69 Å². The molecule has 0 spiro atoms. The van der Waals surface area contributed by atoms with Crippen LogP contribution >= 0.6 is 11.8 Å².